The van der Waals surface area contributed by atoms with Gasteiger partial charge in [0.05, 0.1) is 12.5 Å². The van der Waals surface area contributed by atoms with Crippen LogP contribution in [0.1, 0.15) is 18.5 Å². The molecule has 0 N–H and O–H groups in total. The Balaban J connectivity index is 2.15. The lowest BCUT2D eigenvalue weighted by molar-refractivity contribution is 0.402. The lowest BCUT2D eigenvalue weighted by Gasteiger charge is -2.06. The van der Waals surface area contributed by atoms with Crippen molar-refractivity contribution < 1.29 is 4.74 Å². The summed E-state index contributed by atoms with van der Waals surface area (Å²) in [4.78, 5) is 8.49. The molecule has 2 aromatic heterocycles. The zero-order valence-corrected chi connectivity index (χ0v) is 9.60. The second kappa shape index (κ2) is 3.47. The minimum atomic E-state index is 0.669. The SMILES string of the molecule is COc1ncnc2c1cc(C)n2CC1CC1. The van der Waals surface area contributed by atoms with Crippen LogP contribution in [0.25, 0.3) is 11.0 Å². The zero-order chi connectivity index (χ0) is 11.1. The van der Waals surface area contributed by atoms with E-state index in [4.69, 9.17) is 4.74 Å². The van der Waals surface area contributed by atoms with Gasteiger partial charge in [0.2, 0.25) is 5.88 Å². The van der Waals surface area contributed by atoms with E-state index in [9.17, 15) is 0 Å². The average molecular weight is 217 g/mol. The number of fused-ring (bicyclic) bond motifs is 1. The number of ether oxygens (including phenoxy) is 1. The van der Waals surface area contributed by atoms with Crippen molar-refractivity contribution in [3.05, 3.63) is 18.1 Å². The zero-order valence-electron chi connectivity index (χ0n) is 9.60. The van der Waals surface area contributed by atoms with Gasteiger partial charge in [-0.2, -0.15) is 0 Å². The van der Waals surface area contributed by atoms with E-state index in [1.165, 1.54) is 18.5 Å². The van der Waals surface area contributed by atoms with Crippen molar-refractivity contribution in [3.63, 3.8) is 0 Å². The van der Waals surface area contributed by atoms with Crippen LogP contribution in [0.15, 0.2) is 12.4 Å². The second-order valence-electron chi connectivity index (χ2n) is 4.46. The molecule has 0 unspecified atom stereocenters. The van der Waals surface area contributed by atoms with E-state index in [1.54, 1.807) is 13.4 Å². The fraction of sp³-hybridized carbons (Fsp3) is 0.500. The second-order valence-corrected chi connectivity index (χ2v) is 4.46. The minimum absolute atomic E-state index is 0.669. The summed E-state index contributed by atoms with van der Waals surface area (Å²) < 4.78 is 7.53. The number of hydrogen-bond donors (Lipinski definition) is 0. The molecule has 0 bridgehead atoms. The highest BCUT2D eigenvalue weighted by atomic mass is 16.5. The number of methoxy groups -OCH3 is 1. The molecule has 1 aliphatic carbocycles. The van der Waals surface area contributed by atoms with Crippen molar-refractivity contribution >= 4 is 11.0 Å². The normalized spacial score (nSPS) is 15.6. The van der Waals surface area contributed by atoms with Crippen LogP contribution >= 0.6 is 0 Å². The van der Waals surface area contributed by atoms with E-state index in [0.29, 0.717) is 5.88 Å². The van der Waals surface area contributed by atoms with Crippen molar-refractivity contribution in [2.24, 2.45) is 5.92 Å². The molecule has 2 aromatic rings. The van der Waals surface area contributed by atoms with Gasteiger partial charge < -0.3 is 9.30 Å². The fourth-order valence-corrected chi connectivity index (χ4v) is 2.12. The van der Waals surface area contributed by atoms with Gasteiger partial charge in [-0.25, -0.2) is 9.97 Å². The molecule has 0 aromatic carbocycles. The van der Waals surface area contributed by atoms with Crippen LogP contribution in [0.5, 0.6) is 5.88 Å². The predicted octanol–water partition coefficient (Wildman–Crippen LogP) is 2.16. The van der Waals surface area contributed by atoms with Crippen molar-refractivity contribution in [1.29, 1.82) is 0 Å². The Labute approximate surface area is 94.3 Å². The van der Waals surface area contributed by atoms with Crippen molar-refractivity contribution in [1.82, 2.24) is 14.5 Å². The predicted molar refractivity (Wildman–Crippen MR) is 61.5 cm³/mol. The van der Waals surface area contributed by atoms with Crippen LogP contribution < -0.4 is 4.74 Å². The molecule has 1 fully saturated rings. The van der Waals surface area contributed by atoms with E-state index in [2.05, 4.69) is 27.5 Å². The summed E-state index contributed by atoms with van der Waals surface area (Å²) >= 11 is 0. The number of aromatic nitrogens is 3. The molecule has 3 rings (SSSR count). The summed E-state index contributed by atoms with van der Waals surface area (Å²) in [6.45, 7) is 3.19. The fourth-order valence-electron chi connectivity index (χ4n) is 2.12. The van der Waals surface area contributed by atoms with Gasteiger partial charge in [0.1, 0.15) is 12.0 Å². The molecule has 0 spiro atoms. The van der Waals surface area contributed by atoms with E-state index in [1.807, 2.05) is 0 Å². The molecule has 1 aliphatic rings. The van der Waals surface area contributed by atoms with E-state index in [-0.39, 0.29) is 0 Å². The van der Waals surface area contributed by atoms with Crippen LogP contribution in [0.2, 0.25) is 0 Å². The molecule has 2 heterocycles. The van der Waals surface area contributed by atoms with Gasteiger partial charge in [-0.1, -0.05) is 0 Å². The Bertz CT molecular complexity index is 528. The van der Waals surface area contributed by atoms with E-state index >= 15 is 0 Å². The van der Waals surface area contributed by atoms with Gasteiger partial charge in [-0.05, 0) is 31.7 Å². The Hall–Kier alpha value is -1.58. The first-order chi connectivity index (χ1) is 7.79. The molecular formula is C12H15N3O. The van der Waals surface area contributed by atoms with E-state index < -0.39 is 0 Å². The first-order valence-corrected chi connectivity index (χ1v) is 5.64. The van der Waals surface area contributed by atoms with Gasteiger partial charge in [-0.3, -0.25) is 0 Å². The molecule has 0 amide bonds. The van der Waals surface area contributed by atoms with Crippen LogP contribution in [0.4, 0.5) is 0 Å². The maximum atomic E-state index is 5.25. The number of rotatable bonds is 3. The van der Waals surface area contributed by atoms with Crippen molar-refractivity contribution in [2.75, 3.05) is 7.11 Å². The van der Waals surface area contributed by atoms with Crippen molar-refractivity contribution in [2.45, 2.75) is 26.3 Å². The summed E-state index contributed by atoms with van der Waals surface area (Å²) in [5, 5.41) is 1.02. The van der Waals surface area contributed by atoms with Crippen LogP contribution in [-0.2, 0) is 6.54 Å². The first-order valence-electron chi connectivity index (χ1n) is 5.64. The summed E-state index contributed by atoms with van der Waals surface area (Å²) in [6.07, 6.45) is 4.27. The van der Waals surface area contributed by atoms with Gasteiger partial charge in [0.15, 0.2) is 0 Å². The maximum Gasteiger partial charge on any atom is 0.225 e. The standard InChI is InChI=1S/C12H15N3O/c1-8-5-10-11(13-7-14-12(10)16-2)15(8)6-9-3-4-9/h5,7,9H,3-4,6H2,1-2H3. The Morgan fingerprint density at radius 3 is 2.94 bits per heavy atom. The third kappa shape index (κ3) is 1.45. The van der Waals surface area contributed by atoms with Crippen LogP contribution in [0, 0.1) is 12.8 Å². The first kappa shape index (κ1) is 9.63. The van der Waals surface area contributed by atoms with Gasteiger partial charge in [0.25, 0.3) is 0 Å². The van der Waals surface area contributed by atoms with Gasteiger partial charge >= 0.3 is 0 Å². The van der Waals surface area contributed by atoms with Gasteiger partial charge in [-0.15, -0.1) is 0 Å². The minimum Gasteiger partial charge on any atom is -0.480 e. The average Bonchev–Trinajstić information content (AvgIpc) is 3.04. The molecule has 0 saturated heterocycles. The lowest BCUT2D eigenvalue weighted by Crippen LogP contribution is -2.02. The number of nitrogens with zero attached hydrogens (tertiary/aromatic N) is 3. The van der Waals surface area contributed by atoms with E-state index in [0.717, 1.165) is 23.5 Å². The molecule has 0 aliphatic heterocycles. The highest BCUT2D eigenvalue weighted by Crippen LogP contribution is 2.33. The Morgan fingerprint density at radius 1 is 1.44 bits per heavy atom. The largest absolute Gasteiger partial charge is 0.480 e. The van der Waals surface area contributed by atoms with Crippen molar-refractivity contribution in [3.8, 4) is 5.88 Å². The Kier molecular flexibility index (Phi) is 2.09. The quantitative estimate of drug-likeness (QED) is 0.791. The van der Waals surface area contributed by atoms with Gasteiger partial charge in [0, 0.05) is 12.2 Å². The topological polar surface area (TPSA) is 39.9 Å². The number of aryl methyl sites for hydroxylation is 1. The monoisotopic (exact) mass is 217 g/mol. The Morgan fingerprint density at radius 2 is 2.25 bits per heavy atom. The third-order valence-electron chi connectivity index (χ3n) is 3.19. The molecule has 4 nitrogen and oxygen atoms in total. The molecule has 84 valence electrons. The maximum absolute atomic E-state index is 5.25. The summed E-state index contributed by atoms with van der Waals surface area (Å²) in [6, 6.07) is 2.11. The van der Waals surface area contributed by atoms with Crippen LogP contribution in [0.3, 0.4) is 0 Å². The molecular weight excluding hydrogens is 202 g/mol. The molecule has 1 saturated carbocycles. The molecule has 16 heavy (non-hydrogen) atoms. The highest BCUT2D eigenvalue weighted by molar-refractivity contribution is 5.82. The lowest BCUT2D eigenvalue weighted by atomic mass is 10.4. The molecule has 0 radical (unpaired) electrons. The highest BCUT2D eigenvalue weighted by Gasteiger charge is 2.23. The number of hydrogen-bond acceptors (Lipinski definition) is 3. The van der Waals surface area contributed by atoms with Crippen LogP contribution in [-0.4, -0.2) is 21.6 Å². The summed E-state index contributed by atoms with van der Waals surface area (Å²) in [7, 11) is 1.65. The summed E-state index contributed by atoms with van der Waals surface area (Å²) in [5.41, 5.74) is 2.23. The molecule has 4 heteroatoms. The third-order valence-corrected chi connectivity index (χ3v) is 3.19. The molecule has 0 atom stereocenters. The smallest absolute Gasteiger partial charge is 0.225 e. The summed E-state index contributed by atoms with van der Waals surface area (Å²) in [5.74, 6) is 1.51.